The number of carbonyl (C=O) groups is 1. The second-order valence-corrected chi connectivity index (χ2v) is 3.56. The van der Waals surface area contributed by atoms with Gasteiger partial charge >= 0.3 is 5.97 Å². The van der Waals surface area contributed by atoms with E-state index in [1.807, 2.05) is 0 Å². The van der Waals surface area contributed by atoms with Crippen molar-refractivity contribution in [3.05, 3.63) is 29.8 Å². The molecular formula is C13H15O3. The maximum atomic E-state index is 11.3. The van der Waals surface area contributed by atoms with Crippen LogP contribution in [0.25, 0.3) is 0 Å². The van der Waals surface area contributed by atoms with Crippen molar-refractivity contribution in [3.8, 4) is 5.75 Å². The van der Waals surface area contributed by atoms with Gasteiger partial charge in [0.15, 0.2) is 0 Å². The van der Waals surface area contributed by atoms with E-state index in [1.54, 1.807) is 30.6 Å². The number of esters is 1. The number of rotatable bonds is 6. The molecule has 0 bridgehead atoms. The Bertz CT molecular complexity index is 341. The Morgan fingerprint density at radius 1 is 1.25 bits per heavy atom. The highest BCUT2D eigenvalue weighted by atomic mass is 16.5. The van der Waals surface area contributed by atoms with Gasteiger partial charge in [0.05, 0.1) is 0 Å². The molecule has 0 atom stereocenters. The lowest BCUT2D eigenvalue weighted by molar-refractivity contribution is -0.134. The molecule has 0 saturated carbocycles. The fourth-order valence-electron chi connectivity index (χ4n) is 1.29. The van der Waals surface area contributed by atoms with E-state index in [0.717, 1.165) is 19.3 Å². The summed E-state index contributed by atoms with van der Waals surface area (Å²) in [6, 6.07) is 6.33. The van der Waals surface area contributed by atoms with E-state index in [4.69, 9.17) is 4.74 Å². The van der Waals surface area contributed by atoms with Gasteiger partial charge in [-0.05, 0) is 30.7 Å². The van der Waals surface area contributed by atoms with Crippen LogP contribution in [0.15, 0.2) is 24.3 Å². The number of carbonyl (C=O) groups excluding carboxylic acids is 2. The molecule has 0 aliphatic heterocycles. The van der Waals surface area contributed by atoms with Crippen LogP contribution in [0.4, 0.5) is 0 Å². The molecule has 0 heterocycles. The topological polar surface area (TPSA) is 43.4 Å². The zero-order valence-electron chi connectivity index (χ0n) is 9.36. The minimum absolute atomic E-state index is 0.226. The maximum absolute atomic E-state index is 11.3. The summed E-state index contributed by atoms with van der Waals surface area (Å²) in [4.78, 5) is 21.6. The van der Waals surface area contributed by atoms with Crippen molar-refractivity contribution in [2.45, 2.75) is 32.6 Å². The van der Waals surface area contributed by atoms with Crippen molar-refractivity contribution in [1.29, 1.82) is 0 Å². The van der Waals surface area contributed by atoms with Crippen molar-refractivity contribution in [2.24, 2.45) is 0 Å². The molecule has 0 aliphatic carbocycles. The molecule has 3 nitrogen and oxygen atoms in total. The molecule has 1 rings (SSSR count). The van der Waals surface area contributed by atoms with Crippen molar-refractivity contribution in [2.75, 3.05) is 0 Å². The molecular weight excluding hydrogens is 204 g/mol. The third-order valence-corrected chi connectivity index (χ3v) is 2.19. The molecule has 0 fully saturated rings. The van der Waals surface area contributed by atoms with Crippen LogP contribution in [0, 0.1) is 0 Å². The quantitative estimate of drug-likeness (QED) is 0.419. The molecule has 0 unspecified atom stereocenters. The first kappa shape index (κ1) is 12.4. The number of ether oxygens (including phenoxy) is 1. The highest BCUT2D eigenvalue weighted by Crippen LogP contribution is 2.12. The van der Waals surface area contributed by atoms with E-state index in [1.165, 1.54) is 0 Å². The third-order valence-electron chi connectivity index (χ3n) is 2.19. The lowest BCUT2D eigenvalue weighted by Gasteiger charge is -2.03. The number of hydrogen-bond acceptors (Lipinski definition) is 3. The van der Waals surface area contributed by atoms with Crippen molar-refractivity contribution < 1.29 is 14.3 Å². The van der Waals surface area contributed by atoms with Crippen LogP contribution in [0.5, 0.6) is 5.75 Å². The number of hydrogen-bond donors (Lipinski definition) is 0. The first-order chi connectivity index (χ1) is 7.76. The Kier molecular flexibility index (Phi) is 5.26. The molecule has 16 heavy (non-hydrogen) atoms. The van der Waals surface area contributed by atoms with Gasteiger partial charge in [0.1, 0.15) is 5.75 Å². The summed E-state index contributed by atoms with van der Waals surface area (Å²) in [7, 11) is 0. The zero-order chi connectivity index (χ0) is 11.8. The van der Waals surface area contributed by atoms with Crippen LogP contribution in [0.3, 0.4) is 0 Å². The van der Waals surface area contributed by atoms with Crippen LogP contribution >= 0.6 is 0 Å². The largest absolute Gasteiger partial charge is 0.427 e. The summed E-state index contributed by atoms with van der Waals surface area (Å²) in [5, 5.41) is 0. The first-order valence-electron chi connectivity index (χ1n) is 5.45. The second kappa shape index (κ2) is 6.77. The Balaban J connectivity index is 2.40. The van der Waals surface area contributed by atoms with Crippen molar-refractivity contribution in [1.82, 2.24) is 0 Å². The summed E-state index contributed by atoms with van der Waals surface area (Å²) in [5.41, 5.74) is 0.450. The summed E-state index contributed by atoms with van der Waals surface area (Å²) >= 11 is 0. The van der Waals surface area contributed by atoms with Crippen LogP contribution in [-0.4, -0.2) is 12.3 Å². The van der Waals surface area contributed by atoms with Crippen molar-refractivity contribution in [3.63, 3.8) is 0 Å². The molecule has 0 N–H and O–H groups in total. The average Bonchev–Trinajstić information content (AvgIpc) is 2.30. The Morgan fingerprint density at radius 3 is 2.50 bits per heavy atom. The summed E-state index contributed by atoms with van der Waals surface area (Å²) in [5.74, 6) is 0.247. The minimum Gasteiger partial charge on any atom is -0.427 e. The highest BCUT2D eigenvalue weighted by Gasteiger charge is 2.04. The van der Waals surface area contributed by atoms with Crippen LogP contribution in [0.2, 0.25) is 0 Å². The minimum atomic E-state index is -0.226. The SMILES string of the molecule is CCCCCC(=O)Oc1ccc([C]=O)cc1. The van der Waals surface area contributed by atoms with Gasteiger partial charge in [0.2, 0.25) is 6.29 Å². The molecule has 0 saturated heterocycles. The van der Waals surface area contributed by atoms with E-state index in [2.05, 4.69) is 6.92 Å². The smallest absolute Gasteiger partial charge is 0.311 e. The van der Waals surface area contributed by atoms with Gasteiger partial charge in [-0.15, -0.1) is 0 Å². The van der Waals surface area contributed by atoms with Gasteiger partial charge in [0.25, 0.3) is 0 Å². The second-order valence-electron chi connectivity index (χ2n) is 3.56. The molecule has 0 spiro atoms. The lowest BCUT2D eigenvalue weighted by atomic mass is 10.2. The van der Waals surface area contributed by atoms with Gasteiger partial charge in [0, 0.05) is 12.0 Å². The molecule has 0 aromatic heterocycles. The van der Waals surface area contributed by atoms with E-state index in [0.29, 0.717) is 17.7 Å². The molecule has 1 aromatic carbocycles. The fraction of sp³-hybridized carbons (Fsp3) is 0.385. The predicted molar refractivity (Wildman–Crippen MR) is 61.0 cm³/mol. The lowest BCUT2D eigenvalue weighted by Crippen LogP contribution is -2.07. The molecule has 0 amide bonds. The normalized spacial score (nSPS) is 9.81. The summed E-state index contributed by atoms with van der Waals surface area (Å²) in [6.07, 6.45) is 5.17. The number of unbranched alkanes of at least 4 members (excludes halogenated alkanes) is 2. The third kappa shape index (κ3) is 4.26. The number of benzene rings is 1. The zero-order valence-corrected chi connectivity index (χ0v) is 9.36. The monoisotopic (exact) mass is 219 g/mol. The molecule has 1 radical (unpaired) electrons. The maximum Gasteiger partial charge on any atom is 0.311 e. The van der Waals surface area contributed by atoms with Gasteiger partial charge < -0.3 is 4.74 Å². The van der Waals surface area contributed by atoms with Crippen LogP contribution in [0.1, 0.15) is 38.2 Å². The van der Waals surface area contributed by atoms with Crippen molar-refractivity contribution >= 4 is 12.3 Å². The van der Waals surface area contributed by atoms with Crippen LogP contribution < -0.4 is 4.74 Å². The van der Waals surface area contributed by atoms with Gasteiger partial charge in [-0.3, -0.25) is 9.59 Å². The summed E-state index contributed by atoms with van der Waals surface area (Å²) < 4.78 is 5.09. The van der Waals surface area contributed by atoms with Crippen LogP contribution in [-0.2, 0) is 9.59 Å². The molecule has 3 heteroatoms. The van der Waals surface area contributed by atoms with E-state index >= 15 is 0 Å². The standard InChI is InChI=1S/C13H15O3/c1-2-3-4-5-13(15)16-12-8-6-11(10-14)7-9-12/h6-9H,2-5H2,1H3. The molecule has 1 aromatic rings. The molecule has 85 valence electrons. The molecule has 0 aliphatic rings. The summed E-state index contributed by atoms with van der Waals surface area (Å²) in [6.45, 7) is 2.08. The van der Waals surface area contributed by atoms with Gasteiger partial charge in [-0.1, -0.05) is 19.8 Å². The average molecular weight is 219 g/mol. The van der Waals surface area contributed by atoms with E-state index in [9.17, 15) is 9.59 Å². The Morgan fingerprint density at radius 2 is 1.94 bits per heavy atom. The highest BCUT2D eigenvalue weighted by molar-refractivity contribution is 5.76. The Labute approximate surface area is 95.4 Å². The predicted octanol–water partition coefficient (Wildman–Crippen LogP) is 2.63. The fourth-order valence-corrected chi connectivity index (χ4v) is 1.29. The first-order valence-corrected chi connectivity index (χ1v) is 5.45. The van der Waals surface area contributed by atoms with E-state index < -0.39 is 0 Å². The van der Waals surface area contributed by atoms with E-state index in [-0.39, 0.29) is 5.97 Å². The van der Waals surface area contributed by atoms with Gasteiger partial charge in [-0.25, -0.2) is 0 Å². The Hall–Kier alpha value is -1.64. The van der Waals surface area contributed by atoms with Gasteiger partial charge in [-0.2, -0.15) is 0 Å².